The summed E-state index contributed by atoms with van der Waals surface area (Å²) in [6.45, 7) is 10.1. The Morgan fingerprint density at radius 1 is 1.13 bits per heavy atom. The van der Waals surface area contributed by atoms with Gasteiger partial charge in [0.2, 0.25) is 0 Å². The maximum Gasteiger partial charge on any atom is 0.410 e. The van der Waals surface area contributed by atoms with Crippen molar-refractivity contribution in [1.29, 1.82) is 0 Å². The lowest BCUT2D eigenvalue weighted by atomic mass is 9.86. The SMILES string of the molecule is CC(C)(C)OC(=O)N1CCCC1c1cc(-c2cnc3[nH]cc(Cl)c3c2)cc2c1CN(C(=O)C(C)(C)O)CC2. The minimum atomic E-state index is -1.45. The number of amides is 2. The molecule has 2 aliphatic heterocycles. The van der Waals surface area contributed by atoms with Gasteiger partial charge in [0.1, 0.15) is 16.8 Å². The summed E-state index contributed by atoms with van der Waals surface area (Å²) in [6.07, 6.45) is 5.54. The van der Waals surface area contributed by atoms with Crippen molar-refractivity contribution in [2.75, 3.05) is 13.1 Å². The molecule has 1 unspecified atom stereocenters. The fraction of sp³-hybridized carbons (Fsp3) is 0.483. The zero-order valence-corrected chi connectivity index (χ0v) is 23.4. The van der Waals surface area contributed by atoms with Crippen molar-refractivity contribution in [3.63, 3.8) is 0 Å². The maximum absolute atomic E-state index is 13.2. The third kappa shape index (κ3) is 5.12. The monoisotopic (exact) mass is 538 g/mol. The largest absolute Gasteiger partial charge is 0.444 e. The van der Waals surface area contributed by atoms with Crippen LogP contribution in [-0.4, -0.2) is 61.2 Å². The van der Waals surface area contributed by atoms with Crippen LogP contribution in [0.2, 0.25) is 5.02 Å². The normalized spacial score (nSPS) is 18.1. The Morgan fingerprint density at radius 2 is 1.89 bits per heavy atom. The first-order chi connectivity index (χ1) is 17.8. The van der Waals surface area contributed by atoms with E-state index in [2.05, 4.69) is 22.1 Å². The number of likely N-dealkylation sites (tertiary alicyclic amines) is 1. The lowest BCUT2D eigenvalue weighted by Crippen LogP contribution is -2.47. The van der Waals surface area contributed by atoms with Crippen LogP contribution < -0.4 is 0 Å². The number of H-pyrrole nitrogens is 1. The number of nitrogens with zero attached hydrogens (tertiary/aromatic N) is 3. The standard InChI is InChI=1S/C29H35ClN4O4/c1-28(2,3)38-27(36)34-9-6-7-24(34)20-12-18(19-13-21-23(30)15-32-25(21)31-14-19)11-17-8-10-33(16-22(17)20)26(35)29(4,5)37/h11-15,24,37H,6-10,16H2,1-5H3,(H,31,32). The molecule has 0 aliphatic carbocycles. The van der Waals surface area contributed by atoms with Gasteiger partial charge in [-0.25, -0.2) is 9.78 Å². The highest BCUT2D eigenvalue weighted by Gasteiger charge is 2.38. The van der Waals surface area contributed by atoms with Gasteiger partial charge in [-0.05, 0) is 88.3 Å². The number of hydrogen-bond donors (Lipinski definition) is 2. The third-order valence-corrected chi connectivity index (χ3v) is 7.55. The summed E-state index contributed by atoms with van der Waals surface area (Å²) in [5.41, 5.74) is 3.77. The summed E-state index contributed by atoms with van der Waals surface area (Å²) >= 11 is 6.38. The number of hydrogen-bond acceptors (Lipinski definition) is 5. The van der Waals surface area contributed by atoms with Crippen LogP contribution in [-0.2, 0) is 22.5 Å². The molecule has 1 saturated heterocycles. The van der Waals surface area contributed by atoms with E-state index >= 15 is 0 Å². The summed E-state index contributed by atoms with van der Waals surface area (Å²) in [5, 5.41) is 11.9. The first-order valence-corrected chi connectivity index (χ1v) is 13.5. The van der Waals surface area contributed by atoms with E-state index in [1.165, 1.54) is 13.8 Å². The number of nitrogens with one attached hydrogen (secondary N) is 1. The van der Waals surface area contributed by atoms with Crippen molar-refractivity contribution < 1.29 is 19.4 Å². The average Bonchev–Trinajstić information content (AvgIpc) is 3.48. The molecule has 1 atom stereocenters. The summed E-state index contributed by atoms with van der Waals surface area (Å²) in [6, 6.07) is 6.12. The van der Waals surface area contributed by atoms with E-state index in [-0.39, 0.29) is 18.0 Å². The Labute approximate surface area is 227 Å². The number of aromatic amines is 1. The van der Waals surface area contributed by atoms with Crippen LogP contribution in [0.5, 0.6) is 0 Å². The molecule has 9 heteroatoms. The minimum absolute atomic E-state index is 0.178. The van der Waals surface area contributed by atoms with Crippen LogP contribution in [0.15, 0.2) is 30.6 Å². The predicted molar refractivity (Wildman–Crippen MR) is 147 cm³/mol. The first kappa shape index (κ1) is 26.5. The van der Waals surface area contributed by atoms with Crippen molar-refractivity contribution in [3.05, 3.63) is 52.3 Å². The highest BCUT2D eigenvalue weighted by molar-refractivity contribution is 6.35. The third-order valence-electron chi connectivity index (χ3n) is 7.24. The van der Waals surface area contributed by atoms with Crippen molar-refractivity contribution >= 4 is 34.6 Å². The fourth-order valence-electron chi connectivity index (χ4n) is 5.48. The molecule has 1 aromatic carbocycles. The molecule has 4 heterocycles. The van der Waals surface area contributed by atoms with E-state index < -0.39 is 11.2 Å². The molecular formula is C29H35ClN4O4. The maximum atomic E-state index is 13.2. The minimum Gasteiger partial charge on any atom is -0.444 e. The van der Waals surface area contributed by atoms with Gasteiger partial charge in [0.15, 0.2) is 0 Å². The number of benzene rings is 1. The first-order valence-electron chi connectivity index (χ1n) is 13.1. The van der Waals surface area contributed by atoms with Gasteiger partial charge in [0, 0.05) is 43.0 Å². The highest BCUT2D eigenvalue weighted by Crippen LogP contribution is 2.41. The molecule has 0 radical (unpaired) electrons. The molecule has 202 valence electrons. The molecule has 8 nitrogen and oxygen atoms in total. The molecule has 3 aromatic rings. The van der Waals surface area contributed by atoms with Crippen molar-refractivity contribution in [2.24, 2.45) is 0 Å². The number of rotatable bonds is 3. The van der Waals surface area contributed by atoms with Gasteiger partial charge in [-0.2, -0.15) is 0 Å². The van der Waals surface area contributed by atoms with Crippen LogP contribution in [0.1, 0.15) is 70.2 Å². The number of aliphatic hydroxyl groups is 1. The Morgan fingerprint density at radius 3 is 2.61 bits per heavy atom. The molecule has 2 amide bonds. The van der Waals surface area contributed by atoms with E-state index in [0.29, 0.717) is 31.1 Å². The molecule has 2 N–H and O–H groups in total. The summed E-state index contributed by atoms with van der Waals surface area (Å²) in [5.74, 6) is -0.301. The second-order valence-corrected chi connectivity index (χ2v) is 12.2. The number of halogens is 1. The Balaban J connectivity index is 1.60. The van der Waals surface area contributed by atoms with Gasteiger partial charge < -0.3 is 24.6 Å². The Bertz CT molecular complexity index is 1400. The van der Waals surface area contributed by atoms with Gasteiger partial charge in [-0.3, -0.25) is 4.79 Å². The van der Waals surface area contributed by atoms with Gasteiger partial charge in [0.25, 0.3) is 5.91 Å². The zero-order valence-electron chi connectivity index (χ0n) is 22.6. The number of aromatic nitrogens is 2. The number of pyridine rings is 1. The molecule has 1 fully saturated rings. The van der Waals surface area contributed by atoms with E-state index in [9.17, 15) is 14.7 Å². The second kappa shape index (κ2) is 9.58. The molecule has 2 aromatic heterocycles. The van der Waals surface area contributed by atoms with Crippen LogP contribution in [0.25, 0.3) is 22.2 Å². The van der Waals surface area contributed by atoms with Crippen molar-refractivity contribution in [3.8, 4) is 11.1 Å². The van der Waals surface area contributed by atoms with Gasteiger partial charge in [-0.15, -0.1) is 0 Å². The van der Waals surface area contributed by atoms with Crippen molar-refractivity contribution in [2.45, 2.75) is 77.7 Å². The van der Waals surface area contributed by atoms with Crippen LogP contribution in [0.4, 0.5) is 4.79 Å². The van der Waals surface area contributed by atoms with Gasteiger partial charge in [-0.1, -0.05) is 17.7 Å². The van der Waals surface area contributed by atoms with E-state index in [1.807, 2.05) is 37.9 Å². The lowest BCUT2D eigenvalue weighted by Gasteiger charge is -2.36. The fourth-order valence-corrected chi connectivity index (χ4v) is 5.68. The number of ether oxygens (including phenoxy) is 1. The molecule has 38 heavy (non-hydrogen) atoms. The average molecular weight is 539 g/mol. The summed E-state index contributed by atoms with van der Waals surface area (Å²) < 4.78 is 5.75. The van der Waals surface area contributed by atoms with Crippen molar-refractivity contribution in [1.82, 2.24) is 19.8 Å². The van der Waals surface area contributed by atoms with E-state index in [4.69, 9.17) is 16.3 Å². The summed E-state index contributed by atoms with van der Waals surface area (Å²) in [7, 11) is 0. The van der Waals surface area contributed by atoms with Gasteiger partial charge >= 0.3 is 6.09 Å². The second-order valence-electron chi connectivity index (χ2n) is 11.8. The molecule has 0 saturated carbocycles. The molecule has 2 aliphatic rings. The van der Waals surface area contributed by atoms with E-state index in [1.54, 1.807) is 11.1 Å². The quantitative estimate of drug-likeness (QED) is 0.451. The lowest BCUT2D eigenvalue weighted by molar-refractivity contribution is -0.148. The number of carbonyl (C=O) groups excluding carboxylic acids is 2. The smallest absolute Gasteiger partial charge is 0.410 e. The number of carbonyl (C=O) groups is 2. The molecular weight excluding hydrogens is 504 g/mol. The Kier molecular flexibility index (Phi) is 6.68. The predicted octanol–water partition coefficient (Wildman–Crippen LogP) is 5.61. The van der Waals surface area contributed by atoms with Gasteiger partial charge in [0.05, 0.1) is 11.1 Å². The molecule has 0 spiro atoms. The Hall–Kier alpha value is -3.10. The molecule has 0 bridgehead atoms. The van der Waals surface area contributed by atoms with Crippen LogP contribution >= 0.6 is 11.6 Å². The van der Waals surface area contributed by atoms with E-state index in [0.717, 1.165) is 51.7 Å². The number of fused-ring (bicyclic) bond motifs is 2. The van der Waals surface area contributed by atoms with Crippen LogP contribution in [0.3, 0.4) is 0 Å². The summed E-state index contributed by atoms with van der Waals surface area (Å²) in [4.78, 5) is 37.3. The zero-order chi connectivity index (χ0) is 27.4. The molecule has 5 rings (SSSR count). The topological polar surface area (TPSA) is 98.8 Å². The van der Waals surface area contributed by atoms with Crippen LogP contribution in [0, 0.1) is 0 Å². The highest BCUT2D eigenvalue weighted by atomic mass is 35.5.